The molecule has 0 N–H and O–H groups in total. The molecule has 238 valence electrons. The van der Waals surface area contributed by atoms with Gasteiger partial charge in [-0.1, -0.05) is 48.0 Å². The number of nitrogens with zero attached hydrogens (tertiary/aromatic N) is 5. The number of sulfonamides is 1. The highest BCUT2D eigenvalue weighted by Crippen LogP contribution is 2.30. The van der Waals surface area contributed by atoms with E-state index in [-0.39, 0.29) is 33.1 Å². The van der Waals surface area contributed by atoms with Crippen molar-refractivity contribution in [1.82, 2.24) is 19.2 Å². The normalized spacial score (nSPS) is 15.7. The summed E-state index contributed by atoms with van der Waals surface area (Å²) in [4.78, 5) is 31.1. The molecule has 0 spiro atoms. The van der Waals surface area contributed by atoms with Gasteiger partial charge >= 0.3 is 0 Å². The minimum absolute atomic E-state index is 0.00944. The molecule has 1 aliphatic heterocycles. The topological polar surface area (TPSA) is 97.1 Å². The maximum Gasteiger partial charge on any atom is 0.296 e. The summed E-state index contributed by atoms with van der Waals surface area (Å²) < 4.78 is 37.7. The third-order valence-corrected chi connectivity index (χ3v) is 10.5. The summed E-state index contributed by atoms with van der Waals surface area (Å²) in [5.41, 5.74) is 1.85. The molecule has 1 atom stereocenters. The first-order valence-corrected chi connectivity index (χ1v) is 16.6. The summed E-state index contributed by atoms with van der Waals surface area (Å²) in [5, 5.41) is -0.0406. The van der Waals surface area contributed by atoms with Crippen LogP contribution < -0.4 is 14.6 Å². The molecule has 2 heterocycles. The SMILES string of the molecule is CCOc1ccccc1CN1CCN(C(=O)c2ccc(Cl)c(S(=O)(=O)N(C)c3c(C)n(C)n(-c4ccccc4)c3=O)c2)C(C)C1. The van der Waals surface area contributed by atoms with Crippen LogP contribution in [0.25, 0.3) is 5.69 Å². The van der Waals surface area contributed by atoms with Crippen LogP contribution in [0.1, 0.15) is 35.5 Å². The van der Waals surface area contributed by atoms with Gasteiger partial charge in [0.05, 0.1) is 23.0 Å². The van der Waals surface area contributed by atoms with Gasteiger partial charge in [0.15, 0.2) is 0 Å². The minimum atomic E-state index is -4.32. The van der Waals surface area contributed by atoms with E-state index in [2.05, 4.69) is 4.90 Å². The van der Waals surface area contributed by atoms with E-state index < -0.39 is 15.6 Å². The molecule has 3 aromatic carbocycles. The van der Waals surface area contributed by atoms with E-state index in [9.17, 15) is 18.0 Å². The standard InChI is InChI=1S/C33H38ClN5O5S/c1-6-44-29-15-11-10-12-26(29)22-37-18-19-38(23(2)21-37)32(40)25-16-17-28(34)30(20-25)45(42,43)36(5)31-24(3)35(4)39(33(31)41)27-13-8-7-9-14-27/h7-17,20,23H,6,18-19,21-22H2,1-5H3. The van der Waals surface area contributed by atoms with Crippen molar-refractivity contribution in [3.63, 3.8) is 0 Å². The highest BCUT2D eigenvalue weighted by Gasteiger charge is 2.33. The Morgan fingerprint density at radius 2 is 1.73 bits per heavy atom. The minimum Gasteiger partial charge on any atom is -0.494 e. The molecular formula is C33H38ClN5O5S. The number of ether oxygens (including phenoxy) is 1. The summed E-state index contributed by atoms with van der Waals surface area (Å²) in [7, 11) is -1.31. The number of halogens is 1. The molecule has 1 aromatic heterocycles. The molecule has 1 amide bonds. The van der Waals surface area contributed by atoms with Gasteiger partial charge in [0, 0.05) is 57.4 Å². The van der Waals surface area contributed by atoms with Crippen LogP contribution in [0.4, 0.5) is 5.69 Å². The van der Waals surface area contributed by atoms with Crippen LogP contribution in [-0.4, -0.2) is 72.8 Å². The van der Waals surface area contributed by atoms with Crippen LogP contribution in [0.15, 0.2) is 82.5 Å². The quantitative estimate of drug-likeness (QED) is 0.260. The Bertz CT molecular complexity index is 1870. The molecule has 1 fully saturated rings. The first-order chi connectivity index (χ1) is 21.4. The largest absolute Gasteiger partial charge is 0.494 e. The number of hydrogen-bond donors (Lipinski definition) is 0. The summed E-state index contributed by atoms with van der Waals surface area (Å²) in [6, 6.07) is 21.1. The number of carbonyl (C=O) groups excluding carboxylic acids is 1. The van der Waals surface area contributed by atoms with Crippen molar-refractivity contribution in [2.45, 2.75) is 38.3 Å². The fourth-order valence-electron chi connectivity index (χ4n) is 5.83. The van der Waals surface area contributed by atoms with Crippen LogP contribution in [0.5, 0.6) is 5.75 Å². The van der Waals surface area contributed by atoms with Gasteiger partial charge in [0.1, 0.15) is 16.3 Å². The molecule has 45 heavy (non-hydrogen) atoms. The van der Waals surface area contributed by atoms with Gasteiger partial charge < -0.3 is 9.64 Å². The van der Waals surface area contributed by atoms with Crippen molar-refractivity contribution in [2.75, 3.05) is 37.6 Å². The molecule has 0 saturated carbocycles. The lowest BCUT2D eigenvalue weighted by Gasteiger charge is -2.40. The molecule has 0 aliphatic carbocycles. The fraction of sp³-hybridized carbons (Fsp3) is 0.333. The van der Waals surface area contributed by atoms with Gasteiger partial charge in [0.25, 0.3) is 21.5 Å². The lowest BCUT2D eigenvalue weighted by molar-refractivity contribution is 0.0473. The molecule has 4 aromatic rings. The van der Waals surface area contributed by atoms with Crippen LogP contribution in [-0.2, 0) is 23.6 Å². The second kappa shape index (κ2) is 13.1. The van der Waals surface area contributed by atoms with Gasteiger partial charge in [-0.05, 0) is 57.2 Å². The van der Waals surface area contributed by atoms with E-state index in [1.54, 1.807) is 47.8 Å². The lowest BCUT2D eigenvalue weighted by Crippen LogP contribution is -2.53. The van der Waals surface area contributed by atoms with Crippen molar-refractivity contribution in [2.24, 2.45) is 7.05 Å². The van der Waals surface area contributed by atoms with E-state index in [1.807, 2.05) is 44.2 Å². The molecule has 5 rings (SSSR count). The number of benzene rings is 3. The van der Waals surface area contributed by atoms with E-state index in [0.29, 0.717) is 44.2 Å². The Morgan fingerprint density at radius 3 is 2.42 bits per heavy atom. The van der Waals surface area contributed by atoms with Crippen molar-refractivity contribution in [3.8, 4) is 11.4 Å². The average Bonchev–Trinajstić information content (AvgIpc) is 3.25. The zero-order chi connectivity index (χ0) is 32.5. The molecule has 12 heteroatoms. The van der Waals surface area contributed by atoms with Crippen LogP contribution in [0.3, 0.4) is 0 Å². The Kier molecular flexibility index (Phi) is 9.43. The van der Waals surface area contributed by atoms with Gasteiger partial charge in [-0.2, -0.15) is 0 Å². The number of para-hydroxylation sites is 2. The Hall–Kier alpha value is -4.06. The number of carbonyl (C=O) groups is 1. The van der Waals surface area contributed by atoms with Crippen LogP contribution in [0.2, 0.25) is 5.02 Å². The average molecular weight is 652 g/mol. The predicted molar refractivity (Wildman–Crippen MR) is 176 cm³/mol. The number of amides is 1. The summed E-state index contributed by atoms with van der Waals surface area (Å²) >= 11 is 6.44. The molecule has 1 unspecified atom stereocenters. The van der Waals surface area contributed by atoms with Crippen molar-refractivity contribution >= 4 is 33.2 Å². The highest BCUT2D eigenvalue weighted by molar-refractivity contribution is 7.93. The summed E-state index contributed by atoms with van der Waals surface area (Å²) in [6.45, 7) is 8.68. The highest BCUT2D eigenvalue weighted by atomic mass is 35.5. The molecule has 1 aliphatic rings. The Balaban J connectivity index is 1.38. The van der Waals surface area contributed by atoms with Crippen molar-refractivity contribution in [3.05, 3.63) is 105 Å². The van der Waals surface area contributed by atoms with Gasteiger partial charge in [0.2, 0.25) is 0 Å². The molecule has 0 bridgehead atoms. The maximum atomic E-state index is 14.0. The van der Waals surface area contributed by atoms with E-state index in [0.717, 1.165) is 15.6 Å². The summed E-state index contributed by atoms with van der Waals surface area (Å²) in [5.74, 6) is 0.575. The molecule has 1 saturated heterocycles. The van der Waals surface area contributed by atoms with E-state index in [4.69, 9.17) is 16.3 Å². The van der Waals surface area contributed by atoms with Crippen molar-refractivity contribution in [1.29, 1.82) is 0 Å². The van der Waals surface area contributed by atoms with Crippen molar-refractivity contribution < 1.29 is 17.9 Å². The number of rotatable bonds is 9. The second-order valence-electron chi connectivity index (χ2n) is 11.2. The summed E-state index contributed by atoms with van der Waals surface area (Å²) in [6.07, 6.45) is 0. The Morgan fingerprint density at radius 1 is 1.04 bits per heavy atom. The van der Waals surface area contributed by atoms with Crippen LogP contribution in [0, 0.1) is 6.92 Å². The monoisotopic (exact) mass is 651 g/mol. The zero-order valence-electron chi connectivity index (χ0n) is 26.1. The van der Waals surface area contributed by atoms with E-state index >= 15 is 0 Å². The molecular weight excluding hydrogens is 614 g/mol. The smallest absolute Gasteiger partial charge is 0.296 e. The van der Waals surface area contributed by atoms with Crippen LogP contribution >= 0.6 is 11.6 Å². The number of hydrogen-bond acceptors (Lipinski definition) is 6. The second-order valence-corrected chi connectivity index (χ2v) is 13.5. The third kappa shape index (κ3) is 6.25. The zero-order valence-corrected chi connectivity index (χ0v) is 27.7. The third-order valence-electron chi connectivity index (χ3n) is 8.29. The number of aromatic nitrogens is 2. The molecule has 0 radical (unpaired) electrons. The molecule has 10 nitrogen and oxygen atoms in total. The maximum absolute atomic E-state index is 14.0. The van der Waals surface area contributed by atoms with E-state index in [1.165, 1.54) is 29.9 Å². The van der Waals surface area contributed by atoms with Gasteiger partial charge in [-0.3, -0.25) is 23.5 Å². The van der Waals surface area contributed by atoms with Gasteiger partial charge in [-0.25, -0.2) is 13.1 Å². The fourth-order valence-corrected chi connectivity index (χ4v) is 7.58. The van der Waals surface area contributed by atoms with Gasteiger partial charge in [-0.15, -0.1) is 0 Å². The predicted octanol–water partition coefficient (Wildman–Crippen LogP) is 4.71. The number of anilines is 1. The Labute approximate surface area is 269 Å². The first kappa shape index (κ1) is 32.3. The number of piperazine rings is 1. The lowest BCUT2D eigenvalue weighted by atomic mass is 10.1. The first-order valence-electron chi connectivity index (χ1n) is 14.8.